The van der Waals surface area contributed by atoms with Crippen molar-refractivity contribution >= 4 is 33.6 Å². The van der Waals surface area contributed by atoms with Crippen molar-refractivity contribution in [3.8, 4) is 5.75 Å². The Hall–Kier alpha value is -1.80. The Kier molecular flexibility index (Phi) is 9.65. The molecule has 1 aliphatic rings. The molecule has 6 nitrogen and oxygen atoms in total. The average Bonchev–Trinajstić information content (AvgIpc) is 2.75. The number of nitrogens with zero attached hydrogens (tertiary/aromatic N) is 2. The minimum atomic E-state index is -0.556. The summed E-state index contributed by atoms with van der Waals surface area (Å²) in [5.41, 5.74) is 0.695. The van der Waals surface area contributed by atoms with Gasteiger partial charge in [-0.25, -0.2) is 4.79 Å². The number of rotatable bonds is 8. The molecule has 0 N–H and O–H groups in total. The molecular weight excluding hydrogens is 520 g/mol. The highest BCUT2D eigenvalue weighted by Crippen LogP contribution is 2.30. The predicted molar refractivity (Wildman–Crippen MR) is 139 cm³/mol. The van der Waals surface area contributed by atoms with Gasteiger partial charge in [0.15, 0.2) is 0 Å². The Balaban J connectivity index is 1.77. The molecule has 8 heteroatoms. The van der Waals surface area contributed by atoms with Gasteiger partial charge in [-0.2, -0.15) is 0 Å². The molecule has 1 amide bonds. The third kappa shape index (κ3) is 8.15. The molecule has 0 aliphatic carbocycles. The van der Waals surface area contributed by atoms with Crippen LogP contribution in [0.1, 0.15) is 32.8 Å². The van der Waals surface area contributed by atoms with Gasteiger partial charge in [-0.3, -0.25) is 4.90 Å². The summed E-state index contributed by atoms with van der Waals surface area (Å²) >= 11 is 9.61. The molecule has 2 aromatic rings. The molecule has 1 unspecified atom stereocenters. The summed E-state index contributed by atoms with van der Waals surface area (Å²) < 4.78 is 18.3. The van der Waals surface area contributed by atoms with Gasteiger partial charge in [0.25, 0.3) is 0 Å². The summed E-state index contributed by atoms with van der Waals surface area (Å²) in [5.74, 6) is 0.687. The first-order valence-corrected chi connectivity index (χ1v) is 12.7. The van der Waals surface area contributed by atoms with E-state index in [0.29, 0.717) is 30.3 Å². The zero-order valence-electron chi connectivity index (χ0n) is 20.3. The lowest BCUT2D eigenvalue weighted by atomic mass is 10.0. The van der Waals surface area contributed by atoms with E-state index in [4.69, 9.17) is 25.8 Å². The van der Waals surface area contributed by atoms with E-state index in [1.54, 1.807) is 19.2 Å². The number of carbonyl (C=O) groups is 1. The summed E-state index contributed by atoms with van der Waals surface area (Å²) in [7, 11) is 1.65. The Morgan fingerprint density at radius 1 is 1.18 bits per heavy atom. The molecule has 0 radical (unpaired) electrons. The Morgan fingerprint density at radius 3 is 2.56 bits per heavy atom. The number of piperazine rings is 1. The van der Waals surface area contributed by atoms with E-state index >= 15 is 0 Å². The van der Waals surface area contributed by atoms with Gasteiger partial charge in [0.2, 0.25) is 0 Å². The van der Waals surface area contributed by atoms with Crippen LogP contribution in [0.15, 0.2) is 53.0 Å². The van der Waals surface area contributed by atoms with Crippen LogP contribution in [0, 0.1) is 0 Å². The second kappa shape index (κ2) is 12.2. The van der Waals surface area contributed by atoms with Crippen molar-refractivity contribution in [2.24, 2.45) is 0 Å². The normalized spacial score (nSPS) is 17.9. The van der Waals surface area contributed by atoms with E-state index in [-0.39, 0.29) is 18.2 Å². The number of methoxy groups -OCH3 is 1. The zero-order valence-corrected chi connectivity index (χ0v) is 22.6. The van der Waals surface area contributed by atoms with Gasteiger partial charge in [0.05, 0.1) is 17.1 Å². The fraction of sp³-hybridized carbons (Fsp3) is 0.500. The molecule has 0 bridgehead atoms. The molecule has 0 spiro atoms. The fourth-order valence-corrected chi connectivity index (χ4v) is 4.83. The van der Waals surface area contributed by atoms with Gasteiger partial charge < -0.3 is 19.1 Å². The largest absolute Gasteiger partial charge is 0.487 e. The van der Waals surface area contributed by atoms with E-state index in [1.807, 2.05) is 37.8 Å². The van der Waals surface area contributed by atoms with E-state index < -0.39 is 5.60 Å². The molecule has 34 heavy (non-hydrogen) atoms. The van der Waals surface area contributed by atoms with Gasteiger partial charge in [0, 0.05) is 44.7 Å². The van der Waals surface area contributed by atoms with Gasteiger partial charge in [-0.1, -0.05) is 41.9 Å². The minimum Gasteiger partial charge on any atom is -0.487 e. The quantitative estimate of drug-likeness (QED) is 0.401. The molecule has 3 rings (SSSR count). The van der Waals surface area contributed by atoms with E-state index in [1.165, 1.54) is 5.56 Å². The maximum absolute atomic E-state index is 13.1. The Bertz CT molecular complexity index is 938. The average molecular weight is 554 g/mol. The SMILES string of the molecule is COC[C@H](CC1CN(Cc2ccccc2)CCN1C(=O)OC(C)(C)C)Oc1ccc(Cl)cc1Br. The van der Waals surface area contributed by atoms with E-state index in [9.17, 15) is 4.79 Å². The molecule has 186 valence electrons. The van der Waals surface area contributed by atoms with Gasteiger partial charge in [-0.15, -0.1) is 0 Å². The number of benzene rings is 2. The first kappa shape index (κ1) is 26.8. The van der Waals surface area contributed by atoms with Crippen molar-refractivity contribution in [2.75, 3.05) is 33.4 Å². The van der Waals surface area contributed by atoms with Crippen LogP contribution in [-0.2, 0) is 16.0 Å². The third-order valence-corrected chi connectivity index (χ3v) is 6.37. The molecule has 0 aromatic heterocycles. The summed E-state index contributed by atoms with van der Waals surface area (Å²) in [4.78, 5) is 17.3. The lowest BCUT2D eigenvalue weighted by molar-refractivity contribution is -0.0158. The summed E-state index contributed by atoms with van der Waals surface area (Å²) in [6.07, 6.45) is 0.0581. The van der Waals surface area contributed by atoms with Crippen molar-refractivity contribution in [1.29, 1.82) is 0 Å². The Labute approximate surface area is 216 Å². The van der Waals surface area contributed by atoms with Crippen LogP contribution in [-0.4, -0.2) is 67.0 Å². The van der Waals surface area contributed by atoms with Crippen molar-refractivity contribution < 1.29 is 19.0 Å². The highest BCUT2D eigenvalue weighted by Gasteiger charge is 2.35. The second-order valence-corrected chi connectivity index (χ2v) is 10.8. The number of ether oxygens (including phenoxy) is 3. The van der Waals surface area contributed by atoms with Gasteiger partial charge in [0.1, 0.15) is 17.5 Å². The van der Waals surface area contributed by atoms with Gasteiger partial charge in [-0.05, 0) is 60.5 Å². The number of carbonyl (C=O) groups excluding carboxylic acids is 1. The number of halogens is 2. The number of amides is 1. The smallest absolute Gasteiger partial charge is 0.410 e. The van der Waals surface area contributed by atoms with Crippen LogP contribution in [0.2, 0.25) is 5.02 Å². The van der Waals surface area contributed by atoms with Crippen LogP contribution in [0.5, 0.6) is 5.75 Å². The highest BCUT2D eigenvalue weighted by molar-refractivity contribution is 9.10. The zero-order chi connectivity index (χ0) is 24.7. The standard InChI is InChI=1S/C26H34BrClN2O4/c1-26(2,3)34-25(31)30-13-12-29(16-19-8-6-5-7-9-19)17-21(30)15-22(18-32-4)33-24-11-10-20(28)14-23(24)27/h5-11,14,21-22H,12-13,15-18H2,1-4H3/t21?,22-/m0/s1. The van der Waals surface area contributed by atoms with E-state index in [0.717, 1.165) is 24.1 Å². The van der Waals surface area contributed by atoms with Crippen LogP contribution < -0.4 is 4.74 Å². The van der Waals surface area contributed by atoms with Crippen molar-refractivity contribution in [2.45, 2.75) is 51.5 Å². The highest BCUT2D eigenvalue weighted by atomic mass is 79.9. The van der Waals surface area contributed by atoms with Gasteiger partial charge >= 0.3 is 6.09 Å². The molecular formula is C26H34BrClN2O4. The fourth-order valence-electron chi connectivity index (χ4n) is 4.06. The van der Waals surface area contributed by atoms with Crippen molar-refractivity contribution in [3.05, 3.63) is 63.6 Å². The second-order valence-electron chi connectivity index (χ2n) is 9.55. The monoisotopic (exact) mass is 552 g/mol. The summed E-state index contributed by atoms with van der Waals surface area (Å²) in [5, 5.41) is 0.627. The van der Waals surface area contributed by atoms with Crippen LogP contribution in [0.25, 0.3) is 0 Å². The molecule has 2 atom stereocenters. The molecule has 2 aromatic carbocycles. The lowest BCUT2D eigenvalue weighted by Gasteiger charge is -2.42. The lowest BCUT2D eigenvalue weighted by Crippen LogP contribution is -2.57. The summed E-state index contributed by atoms with van der Waals surface area (Å²) in [6.45, 7) is 8.99. The third-order valence-electron chi connectivity index (χ3n) is 5.52. The van der Waals surface area contributed by atoms with Crippen LogP contribution in [0.3, 0.4) is 0 Å². The maximum Gasteiger partial charge on any atom is 0.410 e. The molecule has 1 heterocycles. The van der Waals surface area contributed by atoms with Crippen LogP contribution in [0.4, 0.5) is 4.79 Å². The topological polar surface area (TPSA) is 51.2 Å². The summed E-state index contributed by atoms with van der Waals surface area (Å²) in [6, 6.07) is 15.7. The molecule has 1 fully saturated rings. The number of hydrogen-bond acceptors (Lipinski definition) is 5. The number of hydrogen-bond donors (Lipinski definition) is 0. The van der Waals surface area contributed by atoms with E-state index in [2.05, 4.69) is 45.1 Å². The first-order valence-electron chi connectivity index (χ1n) is 11.5. The Morgan fingerprint density at radius 2 is 1.91 bits per heavy atom. The first-order chi connectivity index (χ1) is 16.1. The van der Waals surface area contributed by atoms with Crippen molar-refractivity contribution in [3.63, 3.8) is 0 Å². The predicted octanol–water partition coefficient (Wildman–Crippen LogP) is 6.01. The van der Waals surface area contributed by atoms with Crippen LogP contribution >= 0.6 is 27.5 Å². The maximum atomic E-state index is 13.1. The molecule has 1 aliphatic heterocycles. The van der Waals surface area contributed by atoms with Crippen molar-refractivity contribution in [1.82, 2.24) is 9.80 Å². The molecule has 0 saturated carbocycles. The molecule has 1 saturated heterocycles. The minimum absolute atomic E-state index is 0.0847.